The number of benzene rings is 1. The predicted octanol–water partition coefficient (Wildman–Crippen LogP) is 3.93. The van der Waals surface area contributed by atoms with Crippen molar-refractivity contribution in [1.29, 1.82) is 0 Å². The van der Waals surface area contributed by atoms with Gasteiger partial charge in [0, 0.05) is 11.1 Å². The first-order chi connectivity index (χ1) is 12.4. The molecule has 0 N–H and O–H groups in total. The fraction of sp³-hybridized carbons (Fsp3) is 0.250. The molecule has 0 atom stereocenters. The van der Waals surface area contributed by atoms with Crippen LogP contribution in [-0.4, -0.2) is 14.5 Å². The first-order valence-electron chi connectivity index (χ1n) is 8.42. The monoisotopic (exact) mass is 349 g/mol. The summed E-state index contributed by atoms with van der Waals surface area (Å²) in [5, 5.41) is 0.518. The highest BCUT2D eigenvalue weighted by molar-refractivity contribution is 5.77. The molecule has 0 fully saturated rings. The van der Waals surface area contributed by atoms with Crippen LogP contribution in [0.5, 0.6) is 0 Å². The second-order valence-electron chi connectivity index (χ2n) is 6.53. The van der Waals surface area contributed by atoms with Crippen molar-refractivity contribution in [2.75, 3.05) is 0 Å². The van der Waals surface area contributed by atoms with E-state index in [1.165, 1.54) is 16.5 Å². The van der Waals surface area contributed by atoms with Gasteiger partial charge in [0.05, 0.1) is 6.54 Å². The Kier molecular flexibility index (Phi) is 3.76. The standard InChI is InChI=1S/C20H19N3O3/c1-11-5-7-15(8-6-11)18-22-16(14(4)26-18)9-23-10-21-19-17(20(23)24)12(2)13(3)25-19/h5-8,10H,9H2,1-4H3. The molecule has 0 aliphatic carbocycles. The number of nitrogens with zero attached hydrogens (tertiary/aromatic N) is 3. The summed E-state index contributed by atoms with van der Waals surface area (Å²) in [6.07, 6.45) is 1.49. The third kappa shape index (κ3) is 2.63. The van der Waals surface area contributed by atoms with E-state index in [0.717, 1.165) is 11.1 Å². The van der Waals surface area contributed by atoms with E-state index in [2.05, 4.69) is 9.97 Å². The maximum atomic E-state index is 12.8. The topological polar surface area (TPSA) is 74.1 Å². The molecular weight excluding hydrogens is 330 g/mol. The Labute approximate surface area is 150 Å². The first kappa shape index (κ1) is 16.3. The van der Waals surface area contributed by atoms with E-state index in [9.17, 15) is 4.79 Å². The average molecular weight is 349 g/mol. The molecule has 0 amide bonds. The van der Waals surface area contributed by atoms with Gasteiger partial charge in [0.1, 0.15) is 28.9 Å². The van der Waals surface area contributed by atoms with E-state index >= 15 is 0 Å². The normalized spacial score (nSPS) is 11.4. The average Bonchev–Trinajstić information content (AvgIpc) is 3.12. The number of aromatic nitrogens is 3. The lowest BCUT2D eigenvalue weighted by atomic mass is 10.1. The number of oxazole rings is 1. The molecular formula is C20H19N3O3. The number of rotatable bonds is 3. The molecule has 0 unspecified atom stereocenters. The van der Waals surface area contributed by atoms with Crippen LogP contribution in [0.4, 0.5) is 0 Å². The Morgan fingerprint density at radius 1 is 1.00 bits per heavy atom. The lowest BCUT2D eigenvalue weighted by Gasteiger charge is -2.02. The van der Waals surface area contributed by atoms with Crippen LogP contribution >= 0.6 is 0 Å². The van der Waals surface area contributed by atoms with Crippen LogP contribution in [0.15, 0.2) is 44.2 Å². The van der Waals surface area contributed by atoms with Crippen LogP contribution in [0.3, 0.4) is 0 Å². The molecule has 3 heterocycles. The van der Waals surface area contributed by atoms with Crippen molar-refractivity contribution in [3.8, 4) is 11.5 Å². The van der Waals surface area contributed by atoms with Gasteiger partial charge in [-0.2, -0.15) is 0 Å². The maximum absolute atomic E-state index is 12.8. The Balaban J connectivity index is 1.73. The largest absolute Gasteiger partial charge is 0.443 e. The summed E-state index contributed by atoms with van der Waals surface area (Å²) in [4.78, 5) is 21.6. The lowest BCUT2D eigenvalue weighted by molar-refractivity contribution is 0.537. The van der Waals surface area contributed by atoms with E-state index in [4.69, 9.17) is 8.83 Å². The summed E-state index contributed by atoms with van der Waals surface area (Å²) < 4.78 is 12.9. The van der Waals surface area contributed by atoms with Crippen molar-refractivity contribution < 1.29 is 8.83 Å². The van der Waals surface area contributed by atoms with E-state index in [1.807, 2.05) is 52.0 Å². The molecule has 0 saturated heterocycles. The minimum Gasteiger partial charge on any atom is -0.443 e. The zero-order valence-electron chi connectivity index (χ0n) is 15.2. The Bertz CT molecular complexity index is 1160. The number of furan rings is 1. The maximum Gasteiger partial charge on any atom is 0.265 e. The summed E-state index contributed by atoms with van der Waals surface area (Å²) in [5.41, 5.74) is 3.86. The Hall–Kier alpha value is -3.15. The van der Waals surface area contributed by atoms with Gasteiger partial charge in [-0.05, 0) is 39.8 Å². The highest BCUT2D eigenvalue weighted by Gasteiger charge is 2.16. The number of hydrogen-bond acceptors (Lipinski definition) is 5. The van der Waals surface area contributed by atoms with Gasteiger partial charge in [-0.25, -0.2) is 9.97 Å². The second-order valence-corrected chi connectivity index (χ2v) is 6.53. The number of fused-ring (bicyclic) bond motifs is 1. The van der Waals surface area contributed by atoms with E-state index < -0.39 is 0 Å². The minimum atomic E-state index is -0.136. The van der Waals surface area contributed by atoms with Crippen molar-refractivity contribution >= 4 is 11.1 Å². The zero-order valence-corrected chi connectivity index (χ0v) is 15.2. The van der Waals surface area contributed by atoms with E-state index in [1.54, 1.807) is 0 Å². The van der Waals surface area contributed by atoms with Crippen LogP contribution in [-0.2, 0) is 6.54 Å². The van der Waals surface area contributed by atoms with Crippen LogP contribution in [0.1, 0.15) is 28.3 Å². The van der Waals surface area contributed by atoms with Gasteiger partial charge in [-0.15, -0.1) is 0 Å². The van der Waals surface area contributed by atoms with Crippen molar-refractivity contribution in [3.05, 3.63) is 69.3 Å². The van der Waals surface area contributed by atoms with Crippen LogP contribution in [0, 0.1) is 27.7 Å². The van der Waals surface area contributed by atoms with Gasteiger partial charge in [-0.1, -0.05) is 17.7 Å². The molecule has 4 rings (SSSR count). The molecule has 26 heavy (non-hydrogen) atoms. The molecule has 4 aromatic rings. The molecule has 0 radical (unpaired) electrons. The Morgan fingerprint density at radius 2 is 1.73 bits per heavy atom. The number of aryl methyl sites for hydroxylation is 4. The van der Waals surface area contributed by atoms with Crippen LogP contribution < -0.4 is 5.56 Å². The first-order valence-corrected chi connectivity index (χ1v) is 8.42. The van der Waals surface area contributed by atoms with Gasteiger partial charge < -0.3 is 8.83 Å². The van der Waals surface area contributed by atoms with Crippen molar-refractivity contribution in [2.24, 2.45) is 0 Å². The van der Waals surface area contributed by atoms with Crippen molar-refractivity contribution in [3.63, 3.8) is 0 Å². The van der Waals surface area contributed by atoms with Crippen molar-refractivity contribution in [2.45, 2.75) is 34.2 Å². The molecule has 3 aromatic heterocycles. The quantitative estimate of drug-likeness (QED) is 0.560. The summed E-state index contributed by atoms with van der Waals surface area (Å²) in [6.45, 7) is 7.88. The number of hydrogen-bond donors (Lipinski definition) is 0. The van der Waals surface area contributed by atoms with Gasteiger partial charge in [-0.3, -0.25) is 9.36 Å². The van der Waals surface area contributed by atoms with Crippen LogP contribution in [0.2, 0.25) is 0 Å². The van der Waals surface area contributed by atoms with Gasteiger partial charge >= 0.3 is 0 Å². The minimum absolute atomic E-state index is 0.136. The van der Waals surface area contributed by atoms with E-state index in [-0.39, 0.29) is 5.56 Å². The molecule has 6 nitrogen and oxygen atoms in total. The molecule has 0 bridgehead atoms. The molecule has 132 valence electrons. The Morgan fingerprint density at radius 3 is 2.46 bits per heavy atom. The van der Waals surface area contributed by atoms with Crippen molar-refractivity contribution in [1.82, 2.24) is 14.5 Å². The zero-order chi connectivity index (χ0) is 18.4. The van der Waals surface area contributed by atoms with Gasteiger partial charge in [0.25, 0.3) is 5.56 Å². The lowest BCUT2D eigenvalue weighted by Crippen LogP contribution is -2.21. The molecule has 1 aromatic carbocycles. The second kappa shape index (κ2) is 5.98. The summed E-state index contributed by atoms with van der Waals surface area (Å²) in [7, 11) is 0. The molecule has 6 heteroatoms. The fourth-order valence-corrected chi connectivity index (χ4v) is 2.94. The smallest absolute Gasteiger partial charge is 0.265 e. The van der Waals surface area contributed by atoms with Gasteiger partial charge in [0.2, 0.25) is 11.6 Å². The third-order valence-corrected chi connectivity index (χ3v) is 4.67. The molecule has 0 aliphatic heterocycles. The summed E-state index contributed by atoms with van der Waals surface area (Å²) in [6, 6.07) is 7.98. The summed E-state index contributed by atoms with van der Waals surface area (Å²) in [5.74, 6) is 1.95. The third-order valence-electron chi connectivity index (χ3n) is 4.67. The SMILES string of the molecule is Cc1ccc(-c2nc(Cn3cnc4oc(C)c(C)c4c3=O)c(C)o2)cc1. The highest BCUT2D eigenvalue weighted by Crippen LogP contribution is 2.23. The van der Waals surface area contributed by atoms with Gasteiger partial charge in [0.15, 0.2) is 0 Å². The molecule has 0 spiro atoms. The molecule has 0 aliphatic rings. The molecule has 0 saturated carbocycles. The summed E-state index contributed by atoms with van der Waals surface area (Å²) >= 11 is 0. The van der Waals surface area contributed by atoms with Crippen LogP contribution in [0.25, 0.3) is 22.6 Å². The fourth-order valence-electron chi connectivity index (χ4n) is 2.94. The predicted molar refractivity (Wildman–Crippen MR) is 98.3 cm³/mol. The highest BCUT2D eigenvalue weighted by atomic mass is 16.4. The van der Waals surface area contributed by atoms with E-state index in [0.29, 0.717) is 40.7 Å².